The lowest BCUT2D eigenvalue weighted by molar-refractivity contribution is -0.115. The van der Waals surface area contributed by atoms with E-state index in [0.29, 0.717) is 32.5 Å². The van der Waals surface area contributed by atoms with Gasteiger partial charge in [-0.15, -0.1) is 21.5 Å². The molecule has 0 aliphatic carbocycles. The fourth-order valence-electron chi connectivity index (χ4n) is 2.31. The predicted octanol–water partition coefficient (Wildman–Crippen LogP) is 6.11. The van der Waals surface area contributed by atoms with Gasteiger partial charge in [0.1, 0.15) is 0 Å². The Bertz CT molecular complexity index is 959. The van der Waals surface area contributed by atoms with E-state index in [1.165, 1.54) is 23.9 Å². The largest absolute Gasteiger partial charge is 0.324 e. The molecule has 1 atom stereocenters. The first kappa shape index (κ1) is 20.5. The summed E-state index contributed by atoms with van der Waals surface area (Å²) in [7, 11) is 0. The molecular formula is C17H15Cl3N4OS2. The Hall–Kier alpha value is -1.25. The van der Waals surface area contributed by atoms with E-state index < -0.39 is 5.25 Å². The molecule has 1 amide bonds. The highest BCUT2D eigenvalue weighted by molar-refractivity contribution is 8.00. The zero-order valence-corrected chi connectivity index (χ0v) is 18.3. The zero-order valence-electron chi connectivity index (χ0n) is 14.4. The van der Waals surface area contributed by atoms with Crippen LogP contribution in [0.15, 0.2) is 34.8 Å². The Morgan fingerprint density at radius 2 is 2.00 bits per heavy atom. The second-order valence-corrected chi connectivity index (χ2v) is 9.00. The second-order valence-electron chi connectivity index (χ2n) is 5.52. The van der Waals surface area contributed by atoms with Crippen molar-refractivity contribution in [3.8, 4) is 10.7 Å². The molecule has 2 aromatic heterocycles. The summed E-state index contributed by atoms with van der Waals surface area (Å²) in [6, 6.07) is 7.00. The van der Waals surface area contributed by atoms with Crippen molar-refractivity contribution in [1.29, 1.82) is 0 Å². The van der Waals surface area contributed by atoms with Crippen LogP contribution in [0.2, 0.25) is 15.1 Å². The van der Waals surface area contributed by atoms with E-state index >= 15 is 0 Å². The number of thioether (sulfide) groups is 1. The Labute approximate surface area is 180 Å². The molecule has 27 heavy (non-hydrogen) atoms. The molecule has 3 aromatic rings. The number of anilines is 1. The summed E-state index contributed by atoms with van der Waals surface area (Å²) in [6.45, 7) is 4.52. The standard InChI is InChI=1S/C17H15Cl3N4OS2/c1-3-24-15(14-5-4-6-26-14)22-23-17(24)27-9(2)16(25)21-13-8-11(19)10(18)7-12(13)20/h4-9H,3H2,1-2H3,(H,21,25). The minimum atomic E-state index is -0.416. The number of amides is 1. The molecule has 10 heteroatoms. The zero-order chi connectivity index (χ0) is 19.6. The molecule has 0 saturated heterocycles. The molecule has 5 nitrogen and oxygen atoms in total. The van der Waals surface area contributed by atoms with Crippen molar-refractivity contribution >= 4 is 69.5 Å². The highest BCUT2D eigenvalue weighted by atomic mass is 35.5. The van der Waals surface area contributed by atoms with Crippen LogP contribution in [-0.4, -0.2) is 25.9 Å². The molecular weight excluding hydrogens is 447 g/mol. The monoisotopic (exact) mass is 460 g/mol. The maximum Gasteiger partial charge on any atom is 0.237 e. The van der Waals surface area contributed by atoms with Crippen molar-refractivity contribution in [2.75, 3.05) is 5.32 Å². The molecule has 2 heterocycles. The maximum absolute atomic E-state index is 12.6. The summed E-state index contributed by atoms with van der Waals surface area (Å²) in [5.74, 6) is 0.582. The van der Waals surface area contributed by atoms with Gasteiger partial charge in [0.15, 0.2) is 11.0 Å². The van der Waals surface area contributed by atoms with Crippen LogP contribution in [0, 0.1) is 0 Å². The molecule has 0 saturated carbocycles. The van der Waals surface area contributed by atoms with Crippen LogP contribution in [0.5, 0.6) is 0 Å². The molecule has 1 unspecified atom stereocenters. The van der Waals surface area contributed by atoms with E-state index in [1.807, 2.05) is 29.0 Å². The summed E-state index contributed by atoms with van der Waals surface area (Å²) >= 11 is 21.0. The van der Waals surface area contributed by atoms with Crippen molar-refractivity contribution in [1.82, 2.24) is 14.8 Å². The number of halogens is 3. The van der Waals surface area contributed by atoms with Crippen molar-refractivity contribution in [3.05, 3.63) is 44.7 Å². The third-order valence-corrected chi connectivity index (χ3v) is 6.68. The van der Waals surface area contributed by atoms with Crippen molar-refractivity contribution in [2.24, 2.45) is 0 Å². The fraction of sp³-hybridized carbons (Fsp3) is 0.235. The quantitative estimate of drug-likeness (QED) is 0.355. The summed E-state index contributed by atoms with van der Waals surface area (Å²) in [6.07, 6.45) is 0. The third kappa shape index (κ3) is 4.60. The molecule has 0 bridgehead atoms. The lowest BCUT2D eigenvalue weighted by Crippen LogP contribution is -2.23. The summed E-state index contributed by atoms with van der Waals surface area (Å²) in [4.78, 5) is 13.6. The third-order valence-electron chi connectivity index (χ3n) is 3.69. The average Bonchev–Trinajstić information content (AvgIpc) is 3.28. The van der Waals surface area contributed by atoms with E-state index in [-0.39, 0.29) is 5.91 Å². The highest BCUT2D eigenvalue weighted by Crippen LogP contribution is 2.33. The fourth-order valence-corrected chi connectivity index (χ4v) is 4.54. The van der Waals surface area contributed by atoms with Gasteiger partial charge in [-0.2, -0.15) is 0 Å². The second kappa shape index (κ2) is 8.84. The van der Waals surface area contributed by atoms with E-state index in [9.17, 15) is 4.79 Å². The molecule has 0 spiro atoms. The number of aromatic nitrogens is 3. The summed E-state index contributed by atoms with van der Waals surface area (Å²) in [5, 5.41) is 14.6. The van der Waals surface area contributed by atoms with Gasteiger partial charge in [-0.25, -0.2) is 0 Å². The Morgan fingerprint density at radius 3 is 2.67 bits per heavy atom. The van der Waals surface area contributed by atoms with Crippen LogP contribution in [0.4, 0.5) is 5.69 Å². The number of carbonyl (C=O) groups is 1. The molecule has 1 aromatic carbocycles. The van der Waals surface area contributed by atoms with Crippen LogP contribution >= 0.6 is 57.9 Å². The molecule has 0 fully saturated rings. The average molecular weight is 462 g/mol. The number of rotatable bonds is 6. The van der Waals surface area contributed by atoms with Gasteiger partial charge in [-0.3, -0.25) is 4.79 Å². The van der Waals surface area contributed by atoms with Gasteiger partial charge < -0.3 is 9.88 Å². The first-order valence-corrected chi connectivity index (χ1v) is 10.9. The Morgan fingerprint density at radius 1 is 1.26 bits per heavy atom. The van der Waals surface area contributed by atoms with Crippen LogP contribution in [-0.2, 0) is 11.3 Å². The number of hydrogen-bond acceptors (Lipinski definition) is 5. The van der Waals surface area contributed by atoms with Crippen LogP contribution < -0.4 is 5.32 Å². The number of hydrogen-bond donors (Lipinski definition) is 1. The molecule has 0 aliphatic heterocycles. The molecule has 142 valence electrons. The van der Waals surface area contributed by atoms with Gasteiger partial charge in [0.25, 0.3) is 0 Å². The smallest absolute Gasteiger partial charge is 0.237 e. The number of nitrogens with one attached hydrogen (secondary N) is 1. The van der Waals surface area contributed by atoms with Crippen molar-refractivity contribution in [3.63, 3.8) is 0 Å². The van der Waals surface area contributed by atoms with E-state index in [1.54, 1.807) is 18.3 Å². The van der Waals surface area contributed by atoms with Gasteiger partial charge in [-0.1, -0.05) is 52.6 Å². The lowest BCUT2D eigenvalue weighted by Gasteiger charge is -2.14. The van der Waals surface area contributed by atoms with Crippen LogP contribution in [0.25, 0.3) is 10.7 Å². The number of carbonyl (C=O) groups excluding carboxylic acids is 1. The highest BCUT2D eigenvalue weighted by Gasteiger charge is 2.21. The van der Waals surface area contributed by atoms with Crippen molar-refractivity contribution < 1.29 is 4.79 Å². The van der Waals surface area contributed by atoms with E-state index in [4.69, 9.17) is 34.8 Å². The topological polar surface area (TPSA) is 59.8 Å². The van der Waals surface area contributed by atoms with Gasteiger partial charge in [0.05, 0.1) is 30.9 Å². The summed E-state index contributed by atoms with van der Waals surface area (Å²) < 4.78 is 1.99. The first-order chi connectivity index (χ1) is 12.9. The summed E-state index contributed by atoms with van der Waals surface area (Å²) in [5.41, 5.74) is 0.416. The molecule has 3 rings (SSSR count). The van der Waals surface area contributed by atoms with Gasteiger partial charge in [-0.05, 0) is 37.4 Å². The van der Waals surface area contributed by atoms with Gasteiger partial charge >= 0.3 is 0 Å². The molecule has 0 aliphatic rings. The Kier molecular flexibility index (Phi) is 6.70. The Balaban J connectivity index is 1.75. The minimum Gasteiger partial charge on any atom is -0.324 e. The van der Waals surface area contributed by atoms with E-state index in [0.717, 1.165) is 10.7 Å². The number of benzene rings is 1. The number of thiophene rings is 1. The van der Waals surface area contributed by atoms with Crippen molar-refractivity contribution in [2.45, 2.75) is 30.8 Å². The predicted molar refractivity (Wildman–Crippen MR) is 114 cm³/mol. The lowest BCUT2D eigenvalue weighted by atomic mass is 10.3. The van der Waals surface area contributed by atoms with E-state index in [2.05, 4.69) is 15.5 Å². The maximum atomic E-state index is 12.6. The van der Waals surface area contributed by atoms with Crippen LogP contribution in [0.3, 0.4) is 0 Å². The van der Waals surface area contributed by atoms with Crippen LogP contribution in [0.1, 0.15) is 13.8 Å². The normalized spacial score (nSPS) is 12.2. The first-order valence-electron chi connectivity index (χ1n) is 7.99. The van der Waals surface area contributed by atoms with Gasteiger partial charge in [0, 0.05) is 6.54 Å². The minimum absolute atomic E-state index is 0.219. The SMILES string of the molecule is CCn1c(SC(C)C(=O)Nc2cc(Cl)c(Cl)cc2Cl)nnc1-c1cccs1. The number of nitrogens with zero attached hydrogens (tertiary/aromatic N) is 3. The molecule has 0 radical (unpaired) electrons. The molecule has 1 N–H and O–H groups in total. The van der Waals surface area contributed by atoms with Gasteiger partial charge in [0.2, 0.25) is 5.91 Å².